The van der Waals surface area contributed by atoms with Crippen molar-refractivity contribution in [2.45, 2.75) is 39.3 Å². The standard InChI is InChI=1S/C34H33N5OS/c1-22-10-8-13-26(20-22)39-23(2)21-28(24(39)3)33-32(30-15-6-7-18-35-30)37-34(41)38(33)19-17-31(40)36-29-16-9-12-25-11-4-5-14-27(25)29/h4-16,18,20-21,32-33H,17,19H2,1-3H3,(H,36,40)(H,37,41). The van der Waals surface area contributed by atoms with E-state index in [1.54, 1.807) is 0 Å². The number of fused-ring (bicyclic) bond motifs is 1. The summed E-state index contributed by atoms with van der Waals surface area (Å²) in [6.45, 7) is 6.88. The van der Waals surface area contributed by atoms with Gasteiger partial charge in [0.25, 0.3) is 0 Å². The van der Waals surface area contributed by atoms with Crippen LogP contribution in [0, 0.1) is 20.8 Å². The predicted molar refractivity (Wildman–Crippen MR) is 169 cm³/mol. The lowest BCUT2D eigenvalue weighted by Crippen LogP contribution is -2.33. The summed E-state index contributed by atoms with van der Waals surface area (Å²) in [5.74, 6) is -0.0468. The van der Waals surface area contributed by atoms with E-state index in [1.807, 2.05) is 54.7 Å². The second-order valence-corrected chi connectivity index (χ2v) is 11.0. The number of hydrogen-bond donors (Lipinski definition) is 2. The Balaban J connectivity index is 1.31. The molecule has 1 amide bonds. The smallest absolute Gasteiger partial charge is 0.226 e. The van der Waals surface area contributed by atoms with Gasteiger partial charge in [0.15, 0.2) is 5.11 Å². The largest absolute Gasteiger partial charge is 0.352 e. The topological polar surface area (TPSA) is 62.2 Å². The third kappa shape index (κ3) is 5.21. The fourth-order valence-corrected chi connectivity index (χ4v) is 6.34. The number of nitrogens with zero attached hydrogens (tertiary/aromatic N) is 3. The van der Waals surface area contributed by atoms with Gasteiger partial charge < -0.3 is 20.1 Å². The number of pyridine rings is 1. The number of carbonyl (C=O) groups is 1. The Kier molecular flexibility index (Phi) is 7.28. The zero-order chi connectivity index (χ0) is 28.5. The van der Waals surface area contributed by atoms with Gasteiger partial charge in [-0.05, 0) is 85.9 Å². The summed E-state index contributed by atoms with van der Waals surface area (Å²) in [4.78, 5) is 20.1. The van der Waals surface area contributed by atoms with E-state index in [4.69, 9.17) is 12.2 Å². The monoisotopic (exact) mass is 559 g/mol. The van der Waals surface area contributed by atoms with Gasteiger partial charge in [0.05, 0.1) is 17.8 Å². The molecule has 2 atom stereocenters. The van der Waals surface area contributed by atoms with Crippen LogP contribution < -0.4 is 10.6 Å². The number of nitrogens with one attached hydrogen (secondary N) is 2. The number of carbonyl (C=O) groups excluding carboxylic acids is 1. The van der Waals surface area contributed by atoms with Crippen LogP contribution in [-0.2, 0) is 4.79 Å². The van der Waals surface area contributed by atoms with E-state index in [0.29, 0.717) is 18.1 Å². The molecule has 1 aliphatic heterocycles. The van der Waals surface area contributed by atoms with Gasteiger partial charge in [-0.1, -0.05) is 54.6 Å². The highest BCUT2D eigenvalue weighted by Crippen LogP contribution is 2.41. The Labute approximate surface area is 246 Å². The van der Waals surface area contributed by atoms with Crippen molar-refractivity contribution in [2.75, 3.05) is 11.9 Å². The second-order valence-electron chi connectivity index (χ2n) is 10.6. The first-order valence-corrected chi connectivity index (χ1v) is 14.3. The average Bonchev–Trinajstić information content (AvgIpc) is 3.46. The van der Waals surface area contributed by atoms with Crippen molar-refractivity contribution in [1.29, 1.82) is 0 Å². The van der Waals surface area contributed by atoms with Crippen molar-refractivity contribution in [2.24, 2.45) is 0 Å². The van der Waals surface area contributed by atoms with Gasteiger partial charge in [-0.15, -0.1) is 0 Å². The van der Waals surface area contributed by atoms with E-state index < -0.39 is 0 Å². The first-order chi connectivity index (χ1) is 19.9. The molecule has 2 aromatic heterocycles. The molecule has 0 saturated carbocycles. The maximum atomic E-state index is 13.2. The minimum Gasteiger partial charge on any atom is -0.352 e. The van der Waals surface area contributed by atoms with Crippen LogP contribution >= 0.6 is 12.2 Å². The summed E-state index contributed by atoms with van der Waals surface area (Å²) >= 11 is 5.88. The van der Waals surface area contributed by atoms with E-state index in [0.717, 1.165) is 39.2 Å². The zero-order valence-corrected chi connectivity index (χ0v) is 24.3. The number of amides is 1. The summed E-state index contributed by atoms with van der Waals surface area (Å²) in [7, 11) is 0. The van der Waals surface area contributed by atoms with Crippen LogP contribution in [-0.4, -0.2) is 32.0 Å². The van der Waals surface area contributed by atoms with Gasteiger partial charge in [0, 0.05) is 47.3 Å². The molecule has 6 nitrogen and oxygen atoms in total. The molecule has 0 aliphatic carbocycles. The zero-order valence-electron chi connectivity index (χ0n) is 23.5. The van der Waals surface area contributed by atoms with E-state index in [1.165, 1.54) is 11.1 Å². The van der Waals surface area contributed by atoms with Gasteiger partial charge in [0.1, 0.15) is 0 Å². The molecule has 2 N–H and O–H groups in total. The molecule has 0 radical (unpaired) electrons. The third-order valence-electron chi connectivity index (χ3n) is 7.89. The predicted octanol–water partition coefficient (Wildman–Crippen LogP) is 6.95. The average molecular weight is 560 g/mol. The second kappa shape index (κ2) is 11.2. The van der Waals surface area contributed by atoms with E-state index in [-0.39, 0.29) is 18.0 Å². The molecule has 6 rings (SSSR count). The van der Waals surface area contributed by atoms with Gasteiger partial charge in [-0.2, -0.15) is 0 Å². The maximum absolute atomic E-state index is 13.2. The van der Waals surface area contributed by atoms with Gasteiger partial charge in [-0.25, -0.2) is 0 Å². The van der Waals surface area contributed by atoms with Crippen LogP contribution in [0.25, 0.3) is 16.5 Å². The van der Waals surface area contributed by atoms with Crippen molar-refractivity contribution < 1.29 is 4.79 Å². The van der Waals surface area contributed by atoms with Crippen LogP contribution in [0.2, 0.25) is 0 Å². The van der Waals surface area contributed by atoms with Crippen molar-refractivity contribution in [3.8, 4) is 5.69 Å². The van der Waals surface area contributed by atoms with Gasteiger partial charge in [0.2, 0.25) is 5.91 Å². The summed E-state index contributed by atoms with van der Waals surface area (Å²) < 4.78 is 2.30. The molecule has 5 aromatic rings. The summed E-state index contributed by atoms with van der Waals surface area (Å²) in [5.41, 5.74) is 7.55. The number of benzene rings is 3. The molecule has 0 spiro atoms. The Hall–Kier alpha value is -4.49. The molecule has 1 saturated heterocycles. The van der Waals surface area contributed by atoms with Crippen LogP contribution in [0.15, 0.2) is 97.2 Å². The molecular weight excluding hydrogens is 526 g/mol. The molecule has 206 valence electrons. The lowest BCUT2D eigenvalue weighted by Gasteiger charge is -2.28. The van der Waals surface area contributed by atoms with Gasteiger partial charge in [-0.3, -0.25) is 9.78 Å². The molecule has 0 bridgehead atoms. The maximum Gasteiger partial charge on any atom is 0.226 e. The first kappa shape index (κ1) is 26.7. The number of anilines is 1. The third-order valence-corrected chi connectivity index (χ3v) is 8.24. The van der Waals surface area contributed by atoms with Crippen molar-refractivity contribution >= 4 is 39.7 Å². The Morgan fingerprint density at radius 1 is 0.951 bits per heavy atom. The molecule has 3 aromatic carbocycles. The fraction of sp³-hybridized carbons (Fsp3) is 0.206. The summed E-state index contributed by atoms with van der Waals surface area (Å²) in [5, 5.41) is 9.40. The summed E-state index contributed by atoms with van der Waals surface area (Å²) in [6.07, 6.45) is 2.11. The Bertz CT molecular complexity index is 1740. The molecule has 1 aliphatic rings. The highest BCUT2D eigenvalue weighted by atomic mass is 32.1. The van der Waals surface area contributed by atoms with Crippen molar-refractivity contribution in [3.63, 3.8) is 0 Å². The lowest BCUT2D eigenvalue weighted by atomic mass is 9.96. The van der Waals surface area contributed by atoms with Gasteiger partial charge >= 0.3 is 0 Å². The molecule has 2 unspecified atom stereocenters. The number of rotatable bonds is 7. The lowest BCUT2D eigenvalue weighted by molar-refractivity contribution is -0.116. The number of hydrogen-bond acceptors (Lipinski definition) is 3. The van der Waals surface area contributed by atoms with Crippen LogP contribution in [0.3, 0.4) is 0 Å². The Morgan fingerprint density at radius 3 is 2.54 bits per heavy atom. The summed E-state index contributed by atoms with van der Waals surface area (Å²) in [6, 6.07) is 30.5. The molecule has 1 fully saturated rings. The van der Waals surface area contributed by atoms with Crippen molar-refractivity contribution in [3.05, 3.63) is 125 Å². The first-order valence-electron chi connectivity index (χ1n) is 13.9. The normalized spacial score (nSPS) is 16.7. The molecule has 3 heterocycles. The molecule has 41 heavy (non-hydrogen) atoms. The van der Waals surface area contributed by atoms with Crippen LogP contribution in [0.5, 0.6) is 0 Å². The molecule has 7 heteroatoms. The minimum absolute atomic E-state index is 0.0468. The van der Waals surface area contributed by atoms with E-state index in [9.17, 15) is 4.79 Å². The number of aromatic nitrogens is 2. The highest BCUT2D eigenvalue weighted by Gasteiger charge is 2.41. The quantitative estimate of drug-likeness (QED) is 0.211. The number of thiocarbonyl (C=S) groups is 1. The van der Waals surface area contributed by atoms with E-state index in [2.05, 4.69) is 88.3 Å². The fourth-order valence-electron chi connectivity index (χ4n) is 6.01. The molecular formula is C34H33N5OS. The SMILES string of the molecule is Cc1cccc(-n2c(C)cc(C3C(c4ccccn4)NC(=S)N3CCC(=O)Nc3cccc4ccccc34)c2C)c1. The van der Waals surface area contributed by atoms with Crippen LogP contribution in [0.1, 0.15) is 46.7 Å². The van der Waals surface area contributed by atoms with Crippen molar-refractivity contribution in [1.82, 2.24) is 19.8 Å². The van der Waals surface area contributed by atoms with Crippen LogP contribution in [0.4, 0.5) is 5.69 Å². The minimum atomic E-state index is -0.142. The Morgan fingerprint density at radius 2 is 1.73 bits per heavy atom. The highest BCUT2D eigenvalue weighted by molar-refractivity contribution is 7.80. The van der Waals surface area contributed by atoms with E-state index >= 15 is 0 Å². The number of aryl methyl sites for hydroxylation is 2.